The van der Waals surface area contributed by atoms with E-state index in [1.54, 1.807) is 30.3 Å². The molecule has 0 radical (unpaired) electrons. The number of benzene rings is 2. The van der Waals surface area contributed by atoms with Gasteiger partial charge in [-0.3, -0.25) is 0 Å². The maximum atomic E-state index is 12.8. The zero-order valence-electron chi connectivity index (χ0n) is 13.4. The third-order valence-electron chi connectivity index (χ3n) is 3.96. The van der Waals surface area contributed by atoms with E-state index >= 15 is 0 Å². The van der Waals surface area contributed by atoms with Gasteiger partial charge in [0.1, 0.15) is 12.0 Å². The number of methoxy groups -OCH3 is 2. The number of nitrogens with zero attached hydrogens (tertiary/aromatic N) is 3. The molecule has 126 valence electrons. The molecule has 0 spiro atoms. The number of carbonyl (C=O) groups is 1. The number of hydrogen-bond acceptors (Lipinski definition) is 5. The SMILES string of the molecule is COc1cc2ncnc3c2c(c1OC)NC(=O)N3c1cccc(Cl)c1. The van der Waals surface area contributed by atoms with Crippen LogP contribution in [0.4, 0.5) is 22.0 Å². The fourth-order valence-corrected chi connectivity index (χ4v) is 3.11. The molecular weight excluding hydrogens is 344 g/mol. The molecule has 0 unspecified atom stereocenters. The fraction of sp³-hybridized carbons (Fsp3) is 0.118. The lowest BCUT2D eigenvalue weighted by Gasteiger charge is -2.29. The van der Waals surface area contributed by atoms with Crippen LogP contribution in [-0.2, 0) is 0 Å². The lowest BCUT2D eigenvalue weighted by molar-refractivity contribution is 0.258. The van der Waals surface area contributed by atoms with Gasteiger partial charge in [0.15, 0.2) is 17.3 Å². The van der Waals surface area contributed by atoms with Crippen molar-refractivity contribution in [3.63, 3.8) is 0 Å². The van der Waals surface area contributed by atoms with Crippen LogP contribution < -0.4 is 19.7 Å². The van der Waals surface area contributed by atoms with Crippen LogP contribution in [0.1, 0.15) is 0 Å². The summed E-state index contributed by atoms with van der Waals surface area (Å²) in [5.41, 5.74) is 1.71. The standard InChI is InChI=1S/C17H13ClN4O3/c1-24-12-7-11-13-14(15(12)25-2)21-17(23)22(16(13)20-8-19-11)10-5-3-4-9(18)6-10/h3-8H,1-2H3,(H,21,23). The van der Waals surface area contributed by atoms with Crippen LogP contribution in [-0.4, -0.2) is 30.2 Å². The monoisotopic (exact) mass is 356 g/mol. The van der Waals surface area contributed by atoms with Crippen molar-refractivity contribution in [1.29, 1.82) is 0 Å². The van der Waals surface area contributed by atoms with Gasteiger partial charge in [-0.25, -0.2) is 19.7 Å². The molecule has 2 aromatic carbocycles. The number of ether oxygens (including phenoxy) is 2. The average molecular weight is 357 g/mol. The highest BCUT2D eigenvalue weighted by Crippen LogP contribution is 2.47. The topological polar surface area (TPSA) is 76.6 Å². The molecule has 0 aliphatic carbocycles. The smallest absolute Gasteiger partial charge is 0.332 e. The molecule has 0 saturated heterocycles. The molecule has 0 saturated carbocycles. The van der Waals surface area contributed by atoms with Gasteiger partial charge in [-0.1, -0.05) is 17.7 Å². The average Bonchev–Trinajstić information content (AvgIpc) is 2.61. The Labute approximate surface area is 148 Å². The van der Waals surface area contributed by atoms with Crippen LogP contribution in [0.3, 0.4) is 0 Å². The largest absolute Gasteiger partial charge is 0.493 e. The van der Waals surface area contributed by atoms with Gasteiger partial charge in [-0.15, -0.1) is 0 Å². The Morgan fingerprint density at radius 3 is 2.72 bits per heavy atom. The second-order valence-electron chi connectivity index (χ2n) is 5.32. The molecule has 0 bridgehead atoms. The van der Waals surface area contributed by atoms with Gasteiger partial charge in [-0.2, -0.15) is 0 Å². The molecule has 2 heterocycles. The highest BCUT2D eigenvalue weighted by molar-refractivity contribution is 6.31. The van der Waals surface area contributed by atoms with Crippen molar-refractivity contribution in [3.8, 4) is 11.5 Å². The molecule has 0 atom stereocenters. The zero-order valence-corrected chi connectivity index (χ0v) is 14.2. The third kappa shape index (κ3) is 2.32. The van der Waals surface area contributed by atoms with Crippen LogP contribution >= 0.6 is 11.6 Å². The Balaban J connectivity index is 2.04. The number of anilines is 3. The zero-order chi connectivity index (χ0) is 17.6. The first kappa shape index (κ1) is 15.5. The summed E-state index contributed by atoms with van der Waals surface area (Å²) in [6, 6.07) is 8.36. The maximum Gasteiger partial charge on any atom is 0.332 e. The van der Waals surface area contributed by atoms with Crippen LogP contribution in [0.2, 0.25) is 5.02 Å². The van der Waals surface area contributed by atoms with Crippen molar-refractivity contribution in [1.82, 2.24) is 9.97 Å². The summed E-state index contributed by atoms with van der Waals surface area (Å²) in [4.78, 5) is 22.9. The normalized spacial score (nSPS) is 12.9. The predicted molar refractivity (Wildman–Crippen MR) is 95.3 cm³/mol. The summed E-state index contributed by atoms with van der Waals surface area (Å²) in [5.74, 6) is 1.35. The minimum absolute atomic E-state index is 0.374. The Hall–Kier alpha value is -3.06. The fourth-order valence-electron chi connectivity index (χ4n) is 2.92. The first-order valence-corrected chi connectivity index (χ1v) is 7.78. The summed E-state index contributed by atoms with van der Waals surface area (Å²) < 4.78 is 10.8. The van der Waals surface area contributed by atoms with Crippen LogP contribution in [0.5, 0.6) is 11.5 Å². The van der Waals surface area contributed by atoms with Crippen molar-refractivity contribution in [2.24, 2.45) is 0 Å². The minimum atomic E-state index is -0.374. The van der Waals surface area contributed by atoms with Gasteiger partial charge in [-0.05, 0) is 18.2 Å². The molecule has 8 heteroatoms. The van der Waals surface area contributed by atoms with Gasteiger partial charge in [0.25, 0.3) is 0 Å². The van der Waals surface area contributed by atoms with E-state index in [2.05, 4.69) is 15.3 Å². The molecule has 2 amide bonds. The summed E-state index contributed by atoms with van der Waals surface area (Å²) >= 11 is 6.07. The van der Waals surface area contributed by atoms with Crippen LogP contribution in [0, 0.1) is 0 Å². The number of nitrogens with one attached hydrogen (secondary N) is 1. The van der Waals surface area contributed by atoms with E-state index in [-0.39, 0.29) is 6.03 Å². The minimum Gasteiger partial charge on any atom is -0.493 e. The lowest BCUT2D eigenvalue weighted by atomic mass is 10.1. The number of rotatable bonds is 3. The highest BCUT2D eigenvalue weighted by atomic mass is 35.5. The van der Waals surface area contributed by atoms with E-state index in [9.17, 15) is 4.79 Å². The number of amides is 2. The van der Waals surface area contributed by atoms with E-state index in [1.807, 2.05) is 0 Å². The number of aromatic nitrogens is 2. The molecule has 25 heavy (non-hydrogen) atoms. The lowest BCUT2D eigenvalue weighted by Crippen LogP contribution is -2.35. The van der Waals surface area contributed by atoms with Crippen molar-refractivity contribution in [2.45, 2.75) is 0 Å². The molecule has 4 rings (SSSR count). The predicted octanol–water partition coefficient (Wildman–Crippen LogP) is 3.98. The first-order valence-electron chi connectivity index (χ1n) is 7.40. The second-order valence-corrected chi connectivity index (χ2v) is 5.76. The van der Waals surface area contributed by atoms with E-state index in [4.69, 9.17) is 21.1 Å². The molecular formula is C17H13ClN4O3. The van der Waals surface area contributed by atoms with E-state index in [0.29, 0.717) is 44.6 Å². The third-order valence-corrected chi connectivity index (χ3v) is 4.20. The summed E-state index contributed by atoms with van der Waals surface area (Å²) in [6.45, 7) is 0. The van der Waals surface area contributed by atoms with Crippen LogP contribution in [0.15, 0.2) is 36.7 Å². The van der Waals surface area contributed by atoms with Crippen LogP contribution in [0.25, 0.3) is 10.9 Å². The van der Waals surface area contributed by atoms with Gasteiger partial charge >= 0.3 is 6.03 Å². The molecule has 7 nitrogen and oxygen atoms in total. The Bertz CT molecular complexity index is 1010. The molecule has 1 aliphatic rings. The number of carbonyl (C=O) groups excluding carboxylic acids is 1. The summed E-state index contributed by atoms with van der Waals surface area (Å²) in [7, 11) is 3.04. The van der Waals surface area contributed by atoms with E-state index in [1.165, 1.54) is 25.4 Å². The van der Waals surface area contributed by atoms with Crippen molar-refractivity contribution in [3.05, 3.63) is 41.7 Å². The Morgan fingerprint density at radius 1 is 1.16 bits per heavy atom. The van der Waals surface area contributed by atoms with Gasteiger partial charge in [0.2, 0.25) is 0 Å². The molecule has 1 N–H and O–H groups in total. The van der Waals surface area contributed by atoms with Gasteiger partial charge < -0.3 is 14.8 Å². The first-order chi connectivity index (χ1) is 12.1. The Kier molecular flexibility index (Phi) is 3.58. The van der Waals surface area contributed by atoms with Crippen molar-refractivity contribution >= 4 is 45.7 Å². The summed E-state index contributed by atoms with van der Waals surface area (Å²) in [6.07, 6.45) is 1.41. The molecule has 1 aliphatic heterocycles. The van der Waals surface area contributed by atoms with Gasteiger partial charge in [0.05, 0.1) is 30.8 Å². The van der Waals surface area contributed by atoms with E-state index < -0.39 is 0 Å². The molecule has 3 aromatic rings. The van der Waals surface area contributed by atoms with Crippen molar-refractivity contribution in [2.75, 3.05) is 24.4 Å². The Morgan fingerprint density at radius 2 is 2.00 bits per heavy atom. The number of halogens is 1. The highest BCUT2D eigenvalue weighted by Gasteiger charge is 2.32. The molecule has 1 aromatic heterocycles. The van der Waals surface area contributed by atoms with E-state index in [0.717, 1.165) is 0 Å². The van der Waals surface area contributed by atoms with Gasteiger partial charge in [0, 0.05) is 11.1 Å². The number of urea groups is 1. The maximum absolute atomic E-state index is 12.8. The number of hydrogen-bond donors (Lipinski definition) is 1. The second kappa shape index (κ2) is 5.78. The van der Waals surface area contributed by atoms with Crippen molar-refractivity contribution < 1.29 is 14.3 Å². The quantitative estimate of drug-likeness (QED) is 0.768. The summed E-state index contributed by atoms with van der Waals surface area (Å²) in [5, 5.41) is 4.03. The molecule has 0 fully saturated rings.